The molecule has 3 nitrogen and oxygen atoms in total. The SMILES string of the molecule is CCN(CC)C(=O)Nc1cc(Br)cc(C(F)(F)F)c1. The highest BCUT2D eigenvalue weighted by atomic mass is 79.9. The molecule has 106 valence electrons. The van der Waals surface area contributed by atoms with Gasteiger partial charge in [0.25, 0.3) is 0 Å². The van der Waals surface area contributed by atoms with E-state index in [1.807, 2.05) is 0 Å². The fraction of sp³-hybridized carbons (Fsp3) is 0.417. The Kier molecular flexibility index (Phi) is 5.22. The van der Waals surface area contributed by atoms with Crippen molar-refractivity contribution in [2.24, 2.45) is 0 Å². The number of amides is 2. The molecule has 0 aliphatic heterocycles. The normalized spacial score (nSPS) is 11.3. The fourth-order valence-corrected chi connectivity index (χ4v) is 2.03. The van der Waals surface area contributed by atoms with Crippen LogP contribution in [0.5, 0.6) is 0 Å². The van der Waals surface area contributed by atoms with E-state index in [0.29, 0.717) is 13.1 Å². The second-order valence-corrected chi connectivity index (χ2v) is 4.74. The van der Waals surface area contributed by atoms with E-state index in [-0.39, 0.29) is 10.2 Å². The molecular formula is C12H14BrF3N2O. The minimum atomic E-state index is -4.45. The zero-order chi connectivity index (χ0) is 14.6. The minimum Gasteiger partial charge on any atom is -0.325 e. The van der Waals surface area contributed by atoms with Crippen molar-refractivity contribution >= 4 is 27.6 Å². The van der Waals surface area contributed by atoms with Gasteiger partial charge in [-0.05, 0) is 32.0 Å². The molecule has 0 atom stereocenters. The van der Waals surface area contributed by atoms with Gasteiger partial charge in [0, 0.05) is 23.2 Å². The van der Waals surface area contributed by atoms with E-state index in [1.54, 1.807) is 13.8 Å². The zero-order valence-electron chi connectivity index (χ0n) is 10.5. The van der Waals surface area contributed by atoms with Crippen molar-refractivity contribution in [3.05, 3.63) is 28.2 Å². The van der Waals surface area contributed by atoms with Crippen LogP contribution in [-0.2, 0) is 6.18 Å². The van der Waals surface area contributed by atoms with Crippen LogP contribution in [-0.4, -0.2) is 24.0 Å². The van der Waals surface area contributed by atoms with Crippen LogP contribution in [0.1, 0.15) is 19.4 Å². The average Bonchev–Trinajstić information content (AvgIpc) is 2.28. The molecule has 2 amide bonds. The van der Waals surface area contributed by atoms with E-state index >= 15 is 0 Å². The average molecular weight is 339 g/mol. The van der Waals surface area contributed by atoms with Gasteiger partial charge in [-0.15, -0.1) is 0 Å². The van der Waals surface area contributed by atoms with Crippen LogP contribution in [0, 0.1) is 0 Å². The maximum atomic E-state index is 12.6. The molecule has 0 aliphatic rings. The molecular weight excluding hydrogens is 325 g/mol. The minimum absolute atomic E-state index is 0.110. The standard InChI is InChI=1S/C12H14BrF3N2O/c1-3-18(4-2)11(19)17-10-6-8(12(14,15)16)5-9(13)7-10/h5-7H,3-4H2,1-2H3,(H,17,19). The molecule has 1 rings (SSSR count). The predicted octanol–water partition coefficient (Wildman–Crippen LogP) is 4.34. The van der Waals surface area contributed by atoms with Crippen molar-refractivity contribution in [3.63, 3.8) is 0 Å². The summed E-state index contributed by atoms with van der Waals surface area (Å²) in [4.78, 5) is 13.2. The molecule has 7 heteroatoms. The third kappa shape index (κ3) is 4.41. The molecule has 1 aromatic carbocycles. The van der Waals surface area contributed by atoms with Gasteiger partial charge in [0.2, 0.25) is 0 Å². The molecule has 0 saturated carbocycles. The molecule has 1 N–H and O–H groups in total. The Hall–Kier alpha value is -1.24. The van der Waals surface area contributed by atoms with Crippen molar-refractivity contribution in [3.8, 4) is 0 Å². The lowest BCUT2D eigenvalue weighted by atomic mass is 10.2. The van der Waals surface area contributed by atoms with E-state index in [4.69, 9.17) is 0 Å². The topological polar surface area (TPSA) is 32.3 Å². The summed E-state index contributed by atoms with van der Waals surface area (Å²) in [5, 5.41) is 2.45. The summed E-state index contributed by atoms with van der Waals surface area (Å²) in [6.45, 7) is 4.57. The number of hydrogen-bond acceptors (Lipinski definition) is 1. The van der Waals surface area contributed by atoms with E-state index < -0.39 is 17.8 Å². The number of urea groups is 1. The first kappa shape index (κ1) is 15.8. The van der Waals surface area contributed by atoms with Crippen LogP contribution in [0.25, 0.3) is 0 Å². The largest absolute Gasteiger partial charge is 0.416 e. The van der Waals surface area contributed by atoms with E-state index in [0.717, 1.165) is 12.1 Å². The van der Waals surface area contributed by atoms with Crippen LogP contribution in [0.4, 0.5) is 23.7 Å². The Labute approximate surface area is 117 Å². The number of anilines is 1. The van der Waals surface area contributed by atoms with Gasteiger partial charge in [-0.2, -0.15) is 13.2 Å². The summed E-state index contributed by atoms with van der Waals surface area (Å²) in [7, 11) is 0. The van der Waals surface area contributed by atoms with Crippen LogP contribution in [0.3, 0.4) is 0 Å². The molecule has 0 fully saturated rings. The summed E-state index contributed by atoms with van der Waals surface area (Å²) >= 11 is 3.00. The number of hydrogen-bond donors (Lipinski definition) is 1. The first-order valence-corrected chi connectivity index (χ1v) is 6.51. The molecule has 0 aliphatic carbocycles. The monoisotopic (exact) mass is 338 g/mol. The highest BCUT2D eigenvalue weighted by Gasteiger charge is 2.31. The van der Waals surface area contributed by atoms with Gasteiger partial charge in [-0.1, -0.05) is 15.9 Å². The van der Waals surface area contributed by atoms with E-state index in [1.165, 1.54) is 11.0 Å². The van der Waals surface area contributed by atoms with Crippen molar-refractivity contribution in [1.82, 2.24) is 4.90 Å². The Bertz CT molecular complexity index is 459. The number of alkyl halides is 3. The number of carbonyl (C=O) groups excluding carboxylic acids is 1. The van der Waals surface area contributed by atoms with Gasteiger partial charge in [-0.3, -0.25) is 0 Å². The smallest absolute Gasteiger partial charge is 0.325 e. The number of rotatable bonds is 3. The quantitative estimate of drug-likeness (QED) is 0.873. The van der Waals surface area contributed by atoms with Gasteiger partial charge in [0.15, 0.2) is 0 Å². The molecule has 19 heavy (non-hydrogen) atoms. The highest BCUT2D eigenvalue weighted by molar-refractivity contribution is 9.10. The maximum absolute atomic E-state index is 12.6. The lowest BCUT2D eigenvalue weighted by molar-refractivity contribution is -0.137. The predicted molar refractivity (Wildman–Crippen MR) is 71.1 cm³/mol. The summed E-state index contributed by atoms with van der Waals surface area (Å²) in [5.74, 6) is 0. The molecule has 0 unspecified atom stereocenters. The lowest BCUT2D eigenvalue weighted by Gasteiger charge is -2.19. The Morgan fingerprint density at radius 3 is 2.32 bits per heavy atom. The van der Waals surface area contributed by atoms with Gasteiger partial charge in [0.1, 0.15) is 0 Å². The maximum Gasteiger partial charge on any atom is 0.416 e. The third-order valence-electron chi connectivity index (χ3n) is 2.53. The summed E-state index contributed by atoms with van der Waals surface area (Å²) in [6, 6.07) is 2.88. The van der Waals surface area contributed by atoms with Crippen molar-refractivity contribution in [2.45, 2.75) is 20.0 Å². The first-order chi connectivity index (χ1) is 8.77. The fourth-order valence-electron chi connectivity index (χ4n) is 1.54. The van der Waals surface area contributed by atoms with Crippen molar-refractivity contribution < 1.29 is 18.0 Å². The van der Waals surface area contributed by atoms with Gasteiger partial charge in [-0.25, -0.2) is 4.79 Å². The Morgan fingerprint density at radius 2 is 1.84 bits per heavy atom. The van der Waals surface area contributed by atoms with Crippen LogP contribution >= 0.6 is 15.9 Å². The van der Waals surface area contributed by atoms with Gasteiger partial charge in [0.05, 0.1) is 5.56 Å². The lowest BCUT2D eigenvalue weighted by Crippen LogP contribution is -2.34. The second kappa shape index (κ2) is 6.27. The van der Waals surface area contributed by atoms with Crippen molar-refractivity contribution in [2.75, 3.05) is 18.4 Å². The molecule has 0 bridgehead atoms. The molecule has 0 radical (unpaired) electrons. The number of nitrogens with zero attached hydrogens (tertiary/aromatic N) is 1. The summed E-state index contributed by atoms with van der Waals surface area (Å²) in [5.41, 5.74) is -0.699. The number of halogens is 4. The molecule has 0 saturated heterocycles. The molecule has 1 aromatic rings. The van der Waals surface area contributed by atoms with E-state index in [2.05, 4.69) is 21.2 Å². The van der Waals surface area contributed by atoms with Gasteiger partial charge < -0.3 is 10.2 Å². The van der Waals surface area contributed by atoms with Crippen molar-refractivity contribution in [1.29, 1.82) is 0 Å². The second-order valence-electron chi connectivity index (χ2n) is 3.83. The Balaban J connectivity index is 2.96. The van der Waals surface area contributed by atoms with Crippen LogP contribution < -0.4 is 5.32 Å². The third-order valence-corrected chi connectivity index (χ3v) is 2.98. The Morgan fingerprint density at radius 1 is 1.26 bits per heavy atom. The first-order valence-electron chi connectivity index (χ1n) is 5.71. The van der Waals surface area contributed by atoms with Gasteiger partial charge >= 0.3 is 12.2 Å². The van der Waals surface area contributed by atoms with Crippen LogP contribution in [0.2, 0.25) is 0 Å². The summed E-state index contributed by atoms with van der Waals surface area (Å²) < 4.78 is 38.2. The zero-order valence-corrected chi connectivity index (χ0v) is 12.1. The summed E-state index contributed by atoms with van der Waals surface area (Å²) in [6.07, 6.45) is -4.45. The number of benzene rings is 1. The number of carbonyl (C=O) groups is 1. The molecule has 0 spiro atoms. The van der Waals surface area contributed by atoms with Crippen LogP contribution in [0.15, 0.2) is 22.7 Å². The molecule has 0 heterocycles. The van der Waals surface area contributed by atoms with E-state index in [9.17, 15) is 18.0 Å². The molecule has 0 aromatic heterocycles. The number of nitrogens with one attached hydrogen (secondary N) is 1. The highest BCUT2D eigenvalue weighted by Crippen LogP contribution is 2.33.